The molecule has 0 aliphatic rings. The number of ether oxygens (including phenoxy) is 1. The molecule has 0 spiro atoms. The third kappa shape index (κ3) is 7.01. The number of hydrogen-bond donors (Lipinski definition) is 1. The summed E-state index contributed by atoms with van der Waals surface area (Å²) in [5.74, 6) is -3.95. The smallest absolute Gasteiger partial charge is 0.338 e. The Labute approximate surface area is 183 Å². The van der Waals surface area contributed by atoms with E-state index in [-0.39, 0.29) is 10.5 Å². The summed E-state index contributed by atoms with van der Waals surface area (Å²) in [5.41, 5.74) is 0.463. The van der Waals surface area contributed by atoms with E-state index < -0.39 is 34.3 Å². The summed E-state index contributed by atoms with van der Waals surface area (Å²) >= 11 is 0.355. The van der Waals surface area contributed by atoms with Gasteiger partial charge in [-0.05, 0) is 48.5 Å². The third-order valence-corrected chi connectivity index (χ3v) is 6.92. The van der Waals surface area contributed by atoms with Crippen LogP contribution < -0.4 is 5.32 Å². The Bertz CT molecular complexity index is 993. The molecular weight excluding hydrogens is 450 g/mol. The fourth-order valence-electron chi connectivity index (χ4n) is 2.61. The van der Waals surface area contributed by atoms with Gasteiger partial charge in [0.15, 0.2) is 6.61 Å². The predicted octanol–water partition coefficient (Wildman–Crippen LogP) is 3.83. The first-order chi connectivity index (χ1) is 14.7. The van der Waals surface area contributed by atoms with Crippen molar-refractivity contribution in [3.05, 3.63) is 54.1 Å². The zero-order valence-corrected chi connectivity index (χ0v) is 18.5. The number of benzene rings is 2. The number of carbonyl (C=O) groups is 2. The van der Waals surface area contributed by atoms with Crippen LogP contribution in [0.1, 0.15) is 24.2 Å². The first kappa shape index (κ1) is 24.8. The first-order valence-corrected chi connectivity index (χ1v) is 11.6. The van der Waals surface area contributed by atoms with Crippen molar-refractivity contribution in [2.75, 3.05) is 25.0 Å². The number of esters is 1. The van der Waals surface area contributed by atoms with E-state index >= 15 is 0 Å². The van der Waals surface area contributed by atoms with Gasteiger partial charge in [0.2, 0.25) is 10.0 Å². The number of halogens is 2. The molecule has 0 heterocycles. The number of carbonyl (C=O) groups excluding carboxylic acids is 2. The average Bonchev–Trinajstić information content (AvgIpc) is 2.73. The van der Waals surface area contributed by atoms with Crippen LogP contribution in [-0.2, 0) is 19.6 Å². The number of thioether (sulfide) groups is 1. The van der Waals surface area contributed by atoms with E-state index in [4.69, 9.17) is 4.74 Å². The van der Waals surface area contributed by atoms with Crippen LogP contribution in [0.15, 0.2) is 58.3 Å². The van der Waals surface area contributed by atoms with Crippen molar-refractivity contribution in [2.24, 2.45) is 0 Å². The fourth-order valence-corrected chi connectivity index (χ4v) is 4.56. The molecular formula is C20H22F2N2O5S2. The topological polar surface area (TPSA) is 92.8 Å². The minimum absolute atomic E-state index is 0.106. The Morgan fingerprint density at radius 3 is 2.13 bits per heavy atom. The molecule has 2 rings (SSSR count). The zero-order valence-electron chi connectivity index (χ0n) is 16.9. The first-order valence-electron chi connectivity index (χ1n) is 9.29. The molecule has 0 aliphatic carbocycles. The number of nitrogens with zero attached hydrogens (tertiary/aromatic N) is 1. The molecule has 0 radical (unpaired) electrons. The molecule has 0 aromatic heterocycles. The minimum atomic E-state index is -3.60. The largest absolute Gasteiger partial charge is 0.452 e. The van der Waals surface area contributed by atoms with Gasteiger partial charge < -0.3 is 10.1 Å². The van der Waals surface area contributed by atoms with Gasteiger partial charge in [0.05, 0.1) is 10.5 Å². The molecule has 7 nitrogen and oxygen atoms in total. The molecule has 0 bridgehead atoms. The van der Waals surface area contributed by atoms with Crippen molar-refractivity contribution in [2.45, 2.75) is 29.4 Å². The number of alkyl halides is 2. The SMILES string of the molecule is CCN(CC)S(=O)(=O)c1ccc(NC(=O)COC(=O)c2ccc(SC(F)F)cc2)cc1. The summed E-state index contributed by atoms with van der Waals surface area (Å²) in [6.07, 6.45) is 0. The van der Waals surface area contributed by atoms with Crippen molar-refractivity contribution in [1.29, 1.82) is 0 Å². The summed E-state index contributed by atoms with van der Waals surface area (Å²) in [6, 6.07) is 11.0. The molecule has 1 N–H and O–H groups in total. The number of amides is 1. The van der Waals surface area contributed by atoms with Gasteiger partial charge in [-0.25, -0.2) is 13.2 Å². The monoisotopic (exact) mass is 472 g/mol. The number of rotatable bonds is 10. The second-order valence-corrected chi connectivity index (χ2v) is 9.14. The van der Waals surface area contributed by atoms with Gasteiger partial charge in [-0.3, -0.25) is 4.79 Å². The van der Waals surface area contributed by atoms with E-state index in [1.807, 2.05) is 0 Å². The molecule has 1 amide bonds. The number of nitrogens with one attached hydrogen (secondary N) is 1. The maximum atomic E-state index is 12.5. The summed E-state index contributed by atoms with van der Waals surface area (Å²) in [4.78, 5) is 24.4. The van der Waals surface area contributed by atoms with Crippen molar-refractivity contribution in [1.82, 2.24) is 4.31 Å². The van der Waals surface area contributed by atoms with Gasteiger partial charge >= 0.3 is 5.97 Å². The van der Waals surface area contributed by atoms with E-state index in [0.29, 0.717) is 35.4 Å². The van der Waals surface area contributed by atoms with Gasteiger partial charge in [0.25, 0.3) is 11.7 Å². The Morgan fingerprint density at radius 1 is 1.03 bits per heavy atom. The van der Waals surface area contributed by atoms with E-state index in [0.717, 1.165) is 0 Å². The summed E-state index contributed by atoms with van der Waals surface area (Å²) in [7, 11) is -3.60. The van der Waals surface area contributed by atoms with Gasteiger partial charge in [-0.1, -0.05) is 25.6 Å². The van der Waals surface area contributed by atoms with Crippen molar-refractivity contribution in [3.63, 3.8) is 0 Å². The lowest BCUT2D eigenvalue weighted by molar-refractivity contribution is -0.119. The Kier molecular flexibility index (Phi) is 8.96. The molecule has 0 aliphatic heterocycles. The van der Waals surface area contributed by atoms with E-state index in [9.17, 15) is 26.8 Å². The normalized spacial score (nSPS) is 11.5. The van der Waals surface area contributed by atoms with E-state index in [1.54, 1.807) is 13.8 Å². The molecule has 0 unspecified atom stereocenters. The highest BCUT2D eigenvalue weighted by Crippen LogP contribution is 2.25. The van der Waals surface area contributed by atoms with Crippen LogP contribution in [0.4, 0.5) is 14.5 Å². The molecule has 168 valence electrons. The lowest BCUT2D eigenvalue weighted by Gasteiger charge is -2.18. The third-order valence-electron chi connectivity index (χ3n) is 4.13. The highest BCUT2D eigenvalue weighted by Gasteiger charge is 2.21. The van der Waals surface area contributed by atoms with Gasteiger partial charge in [0, 0.05) is 23.7 Å². The summed E-state index contributed by atoms with van der Waals surface area (Å²) in [6.45, 7) is 3.61. The number of sulfonamides is 1. The highest BCUT2D eigenvalue weighted by atomic mass is 32.2. The van der Waals surface area contributed by atoms with Crippen LogP contribution in [0.25, 0.3) is 0 Å². The second-order valence-electron chi connectivity index (χ2n) is 6.14. The standard InChI is InChI=1S/C20H22F2N2O5S2/c1-3-24(4-2)31(27,28)17-11-7-15(8-12-17)23-18(25)13-29-19(26)14-5-9-16(10-6-14)30-20(21)22/h5-12,20H,3-4,13H2,1-2H3,(H,23,25). The van der Waals surface area contributed by atoms with Crippen LogP contribution in [-0.4, -0.2) is 50.1 Å². The van der Waals surface area contributed by atoms with Crippen LogP contribution >= 0.6 is 11.8 Å². The molecule has 0 atom stereocenters. The van der Waals surface area contributed by atoms with Crippen molar-refractivity contribution < 1.29 is 31.5 Å². The second kappa shape index (κ2) is 11.2. The number of hydrogen-bond acceptors (Lipinski definition) is 6. The highest BCUT2D eigenvalue weighted by molar-refractivity contribution is 7.99. The molecule has 0 saturated heterocycles. The van der Waals surface area contributed by atoms with Crippen LogP contribution in [0.3, 0.4) is 0 Å². The summed E-state index contributed by atoms with van der Waals surface area (Å²) < 4.78 is 55.8. The van der Waals surface area contributed by atoms with E-state index in [1.165, 1.54) is 52.8 Å². The zero-order chi connectivity index (χ0) is 23.0. The molecule has 0 saturated carbocycles. The quantitative estimate of drug-likeness (QED) is 0.417. The fraction of sp³-hybridized carbons (Fsp3) is 0.300. The molecule has 0 fully saturated rings. The Morgan fingerprint density at radius 2 is 1.61 bits per heavy atom. The molecule has 2 aromatic rings. The lowest BCUT2D eigenvalue weighted by atomic mass is 10.2. The van der Waals surface area contributed by atoms with Crippen molar-refractivity contribution >= 4 is 39.3 Å². The van der Waals surface area contributed by atoms with Gasteiger partial charge in [-0.2, -0.15) is 13.1 Å². The molecule has 31 heavy (non-hydrogen) atoms. The molecule has 2 aromatic carbocycles. The minimum Gasteiger partial charge on any atom is -0.452 e. The van der Waals surface area contributed by atoms with Gasteiger partial charge in [0.1, 0.15) is 0 Å². The van der Waals surface area contributed by atoms with Crippen molar-refractivity contribution in [3.8, 4) is 0 Å². The van der Waals surface area contributed by atoms with Crippen LogP contribution in [0, 0.1) is 0 Å². The average molecular weight is 473 g/mol. The summed E-state index contributed by atoms with van der Waals surface area (Å²) in [5, 5.41) is 2.50. The molecule has 11 heteroatoms. The van der Waals surface area contributed by atoms with E-state index in [2.05, 4.69) is 5.32 Å². The predicted molar refractivity (Wildman–Crippen MR) is 114 cm³/mol. The maximum absolute atomic E-state index is 12.5. The van der Waals surface area contributed by atoms with Crippen LogP contribution in [0.2, 0.25) is 0 Å². The van der Waals surface area contributed by atoms with Crippen LogP contribution in [0.5, 0.6) is 0 Å². The maximum Gasteiger partial charge on any atom is 0.338 e. The lowest BCUT2D eigenvalue weighted by Crippen LogP contribution is -2.30. The Balaban J connectivity index is 1.90. The number of anilines is 1. The Hall–Kier alpha value is -2.50. The van der Waals surface area contributed by atoms with Gasteiger partial charge in [-0.15, -0.1) is 0 Å².